The van der Waals surface area contributed by atoms with Gasteiger partial charge >= 0.3 is 6.36 Å². The predicted molar refractivity (Wildman–Crippen MR) is 149 cm³/mol. The van der Waals surface area contributed by atoms with Crippen molar-refractivity contribution in [3.05, 3.63) is 90.3 Å². The molecule has 0 fully saturated rings. The molecule has 3 aromatic carbocycles. The van der Waals surface area contributed by atoms with Crippen LogP contribution < -0.4 is 21.3 Å². The molecule has 0 amide bonds. The molecule has 0 bridgehead atoms. The fourth-order valence-corrected chi connectivity index (χ4v) is 4.91. The van der Waals surface area contributed by atoms with Crippen molar-refractivity contribution >= 4 is 21.2 Å². The third-order valence-corrected chi connectivity index (χ3v) is 7.37. The normalized spacial score (nSPS) is 12.8. The van der Waals surface area contributed by atoms with E-state index in [4.69, 9.17) is 11.6 Å². The van der Waals surface area contributed by atoms with Crippen LogP contribution in [0.5, 0.6) is 5.75 Å². The minimum absolute atomic E-state index is 0.0837. The Morgan fingerprint density at radius 1 is 0.976 bits per heavy atom. The minimum atomic E-state index is -4.88. The zero-order chi connectivity index (χ0) is 31.0. The number of ether oxygens (including phenoxy) is 1. The molecule has 0 aliphatic rings. The van der Waals surface area contributed by atoms with Crippen LogP contribution in [0.2, 0.25) is 0 Å². The van der Waals surface area contributed by atoms with Crippen molar-refractivity contribution in [2.24, 2.45) is 18.6 Å². The fraction of sp³-hybridized carbons (Fsp3) is 0.179. The van der Waals surface area contributed by atoms with Crippen LogP contribution in [-0.2, 0) is 22.8 Å². The summed E-state index contributed by atoms with van der Waals surface area (Å²) >= 11 is 0. The summed E-state index contributed by atoms with van der Waals surface area (Å²) in [6.07, 6.45) is -2.67. The lowest BCUT2D eigenvalue weighted by Gasteiger charge is -2.25. The number of hydrazine groups is 1. The van der Waals surface area contributed by atoms with Gasteiger partial charge in [-0.1, -0.05) is 24.3 Å². The number of halogens is 5. The summed E-state index contributed by atoms with van der Waals surface area (Å²) in [5.74, 6) is 2.86. The second-order valence-electron chi connectivity index (χ2n) is 9.45. The van der Waals surface area contributed by atoms with E-state index in [2.05, 4.69) is 9.84 Å². The number of anilines is 1. The van der Waals surface area contributed by atoms with Crippen LogP contribution in [0.25, 0.3) is 28.1 Å². The summed E-state index contributed by atoms with van der Waals surface area (Å²) in [5.41, 5.74) is 7.84. The third kappa shape index (κ3) is 6.71. The van der Waals surface area contributed by atoms with Gasteiger partial charge in [-0.25, -0.2) is 14.3 Å². The van der Waals surface area contributed by atoms with Gasteiger partial charge in [-0.2, -0.15) is 13.9 Å². The van der Waals surface area contributed by atoms with E-state index in [9.17, 15) is 30.4 Å². The van der Waals surface area contributed by atoms with Crippen LogP contribution in [0.3, 0.4) is 0 Å². The summed E-state index contributed by atoms with van der Waals surface area (Å²) in [6.45, 7) is 0.717. The molecule has 0 aliphatic carbocycles. The van der Waals surface area contributed by atoms with Gasteiger partial charge < -0.3 is 10.5 Å². The lowest BCUT2D eigenvalue weighted by molar-refractivity contribution is -0.274. The van der Waals surface area contributed by atoms with Crippen LogP contribution in [0.15, 0.2) is 83.9 Å². The minimum Gasteiger partial charge on any atom is -0.406 e. The number of sulfone groups is 1. The number of nitrogens with zero attached hydrogens (tertiary/aromatic N) is 3. The largest absolute Gasteiger partial charge is 0.573 e. The summed E-state index contributed by atoms with van der Waals surface area (Å²) in [6, 6.07) is 17.1. The van der Waals surface area contributed by atoms with Crippen LogP contribution in [0, 0.1) is 0 Å². The van der Waals surface area contributed by atoms with Gasteiger partial charge in [0, 0.05) is 37.6 Å². The first kappa shape index (κ1) is 30.5. The van der Waals surface area contributed by atoms with E-state index in [0.29, 0.717) is 29.2 Å². The third-order valence-electron chi connectivity index (χ3n) is 6.26. The van der Waals surface area contributed by atoms with Crippen LogP contribution in [0.1, 0.15) is 18.2 Å². The Balaban J connectivity index is 1.87. The molecule has 1 aromatic heterocycles. The first-order chi connectivity index (χ1) is 19.5. The standard InChI is InChI=1S/C28H26F5N5O3S/c1-27(29,30)26-15-23(37(2)36-26)22-12-9-19(18-5-4-6-21(13-18)42(3,39)40)14-24(22)38(35)25(16-34)17-7-10-20(11-8-17)41-28(31,32)33/h4-16H,34-35H2,1-3H3/b25-16-. The molecule has 0 spiro atoms. The average Bonchev–Trinajstić information content (AvgIpc) is 3.30. The van der Waals surface area contributed by atoms with Crippen molar-refractivity contribution in [3.63, 3.8) is 0 Å². The molecule has 42 heavy (non-hydrogen) atoms. The number of hydrogen-bond acceptors (Lipinski definition) is 7. The van der Waals surface area contributed by atoms with Gasteiger partial charge in [-0.3, -0.25) is 9.69 Å². The van der Waals surface area contributed by atoms with Gasteiger partial charge in [0.25, 0.3) is 5.92 Å². The van der Waals surface area contributed by atoms with E-state index in [1.165, 1.54) is 42.1 Å². The molecule has 4 aromatic rings. The van der Waals surface area contributed by atoms with Gasteiger partial charge in [-0.05, 0) is 59.7 Å². The Bertz CT molecular complexity index is 1740. The Hall–Kier alpha value is -4.43. The Kier molecular flexibility index (Phi) is 8.07. The quantitative estimate of drug-likeness (QED) is 0.148. The van der Waals surface area contributed by atoms with Crippen molar-refractivity contribution in [3.8, 4) is 28.1 Å². The summed E-state index contributed by atoms with van der Waals surface area (Å²) in [4.78, 5) is 0.0837. The molecule has 0 saturated heterocycles. The Morgan fingerprint density at radius 3 is 2.17 bits per heavy atom. The molecule has 4 rings (SSSR count). The molecule has 14 heteroatoms. The molecular weight excluding hydrogens is 581 g/mol. The van der Waals surface area contributed by atoms with Gasteiger partial charge in [0.2, 0.25) is 0 Å². The van der Waals surface area contributed by atoms with Crippen molar-refractivity contribution in [2.45, 2.75) is 24.1 Å². The highest BCUT2D eigenvalue weighted by Gasteiger charge is 2.31. The topological polar surface area (TPSA) is 116 Å². The van der Waals surface area contributed by atoms with E-state index in [1.807, 2.05) is 0 Å². The number of benzene rings is 3. The summed E-state index contributed by atoms with van der Waals surface area (Å²) in [7, 11) is -2.04. The molecule has 4 N–H and O–H groups in total. The molecule has 0 atom stereocenters. The van der Waals surface area contributed by atoms with Gasteiger partial charge in [0.1, 0.15) is 11.4 Å². The molecule has 8 nitrogen and oxygen atoms in total. The molecular formula is C28H26F5N5O3S. The van der Waals surface area contributed by atoms with Crippen LogP contribution in [0.4, 0.5) is 27.6 Å². The fourth-order valence-electron chi connectivity index (χ4n) is 4.24. The second kappa shape index (κ2) is 11.1. The number of alkyl halides is 5. The number of hydrogen-bond donors (Lipinski definition) is 2. The van der Waals surface area contributed by atoms with E-state index >= 15 is 0 Å². The zero-order valence-corrected chi connectivity index (χ0v) is 23.3. The zero-order valence-electron chi connectivity index (χ0n) is 22.5. The van der Waals surface area contributed by atoms with Crippen molar-refractivity contribution in [1.82, 2.24) is 9.78 Å². The number of aromatic nitrogens is 2. The Morgan fingerprint density at radius 2 is 1.62 bits per heavy atom. The summed E-state index contributed by atoms with van der Waals surface area (Å²) in [5, 5.41) is 5.08. The number of rotatable bonds is 8. The number of aryl methyl sites for hydroxylation is 1. The molecule has 0 aliphatic heterocycles. The average molecular weight is 608 g/mol. The maximum absolute atomic E-state index is 14.1. The lowest BCUT2D eigenvalue weighted by Crippen LogP contribution is -2.30. The molecule has 0 radical (unpaired) electrons. The highest BCUT2D eigenvalue weighted by molar-refractivity contribution is 7.90. The van der Waals surface area contributed by atoms with E-state index < -0.39 is 33.6 Å². The van der Waals surface area contributed by atoms with Crippen molar-refractivity contribution < 1.29 is 35.1 Å². The van der Waals surface area contributed by atoms with Crippen LogP contribution in [-0.4, -0.2) is 30.8 Å². The molecule has 0 saturated carbocycles. The molecule has 0 unspecified atom stereocenters. The number of nitrogens with two attached hydrogens (primary N) is 2. The lowest BCUT2D eigenvalue weighted by atomic mass is 9.99. The SMILES string of the molecule is Cn1nc(C(C)(F)F)cc1-c1ccc(-c2cccc(S(C)(=O)=O)c2)cc1N(N)/C(=C\N)c1ccc(OC(F)(F)F)cc1. The Labute approximate surface area is 238 Å². The maximum Gasteiger partial charge on any atom is 0.573 e. The highest BCUT2D eigenvalue weighted by Crippen LogP contribution is 2.39. The predicted octanol–water partition coefficient (Wildman–Crippen LogP) is 5.81. The highest BCUT2D eigenvalue weighted by atomic mass is 32.2. The molecule has 1 heterocycles. The van der Waals surface area contributed by atoms with Crippen LogP contribution >= 0.6 is 0 Å². The summed E-state index contributed by atoms with van der Waals surface area (Å²) < 4.78 is 95.6. The smallest absolute Gasteiger partial charge is 0.406 e. The van der Waals surface area contributed by atoms with Gasteiger partial charge in [0.15, 0.2) is 9.84 Å². The van der Waals surface area contributed by atoms with E-state index in [-0.39, 0.29) is 22.0 Å². The monoisotopic (exact) mass is 607 g/mol. The first-order valence-corrected chi connectivity index (χ1v) is 14.1. The second-order valence-corrected chi connectivity index (χ2v) is 11.5. The van der Waals surface area contributed by atoms with E-state index in [1.54, 1.807) is 30.3 Å². The van der Waals surface area contributed by atoms with Gasteiger partial charge in [-0.15, -0.1) is 13.2 Å². The first-order valence-electron chi connectivity index (χ1n) is 12.2. The van der Waals surface area contributed by atoms with Gasteiger partial charge in [0.05, 0.1) is 22.0 Å². The maximum atomic E-state index is 14.1. The van der Waals surface area contributed by atoms with Crippen molar-refractivity contribution in [1.29, 1.82) is 0 Å². The van der Waals surface area contributed by atoms with Crippen molar-refractivity contribution in [2.75, 3.05) is 11.3 Å². The van der Waals surface area contributed by atoms with E-state index in [0.717, 1.165) is 29.6 Å². The molecule has 222 valence electrons.